The van der Waals surface area contributed by atoms with Crippen LogP contribution in [-0.2, 0) is 26.0 Å². The standard InChI is InChI=1S/C13H24N2O4S2/c1-3-18-9-7-15(8-10-19-4-2)21(16,17)13-6-5-12(11-14)20-13/h5-6H,3-4,7-11,14H2,1-2H3. The van der Waals surface area contributed by atoms with E-state index in [9.17, 15) is 8.42 Å². The highest BCUT2D eigenvalue weighted by molar-refractivity contribution is 7.91. The zero-order chi connectivity index (χ0) is 15.7. The molecule has 0 aliphatic carbocycles. The average molecular weight is 336 g/mol. The predicted octanol–water partition coefficient (Wildman–Crippen LogP) is 1.27. The Balaban J connectivity index is 2.81. The van der Waals surface area contributed by atoms with Gasteiger partial charge in [-0.1, -0.05) is 0 Å². The Morgan fingerprint density at radius 2 is 1.71 bits per heavy atom. The largest absolute Gasteiger partial charge is 0.380 e. The molecule has 1 heterocycles. The summed E-state index contributed by atoms with van der Waals surface area (Å²) in [6.07, 6.45) is 0. The van der Waals surface area contributed by atoms with Crippen LogP contribution in [-0.4, -0.2) is 52.2 Å². The SMILES string of the molecule is CCOCCN(CCOCC)S(=O)(=O)c1ccc(CN)s1. The molecule has 0 radical (unpaired) electrons. The van der Waals surface area contributed by atoms with Gasteiger partial charge in [-0.05, 0) is 26.0 Å². The summed E-state index contributed by atoms with van der Waals surface area (Å²) in [5.74, 6) is 0. The Hall–Kier alpha value is -0.510. The molecule has 6 nitrogen and oxygen atoms in total. The maximum absolute atomic E-state index is 12.6. The molecule has 0 amide bonds. The molecule has 122 valence electrons. The van der Waals surface area contributed by atoms with Crippen molar-refractivity contribution in [3.8, 4) is 0 Å². The Kier molecular flexibility index (Phi) is 8.38. The normalized spacial score (nSPS) is 12.2. The molecule has 0 spiro atoms. The van der Waals surface area contributed by atoms with Gasteiger partial charge in [0, 0.05) is 37.7 Å². The zero-order valence-corrected chi connectivity index (χ0v) is 14.2. The van der Waals surface area contributed by atoms with E-state index in [0.29, 0.717) is 50.3 Å². The quantitative estimate of drug-likeness (QED) is 0.615. The van der Waals surface area contributed by atoms with E-state index in [1.807, 2.05) is 13.8 Å². The minimum Gasteiger partial charge on any atom is -0.380 e. The first-order valence-electron chi connectivity index (χ1n) is 7.00. The molecule has 0 unspecified atom stereocenters. The number of nitrogens with two attached hydrogens (primary N) is 1. The number of rotatable bonds is 11. The molecule has 8 heteroatoms. The molecule has 0 aliphatic heterocycles. The smallest absolute Gasteiger partial charge is 0.252 e. The van der Waals surface area contributed by atoms with Gasteiger partial charge in [0.2, 0.25) is 0 Å². The second kappa shape index (κ2) is 9.50. The van der Waals surface area contributed by atoms with Crippen molar-refractivity contribution in [2.24, 2.45) is 5.73 Å². The highest BCUT2D eigenvalue weighted by Crippen LogP contribution is 2.24. The topological polar surface area (TPSA) is 81.9 Å². The molecule has 1 rings (SSSR count). The molecule has 1 aromatic rings. The van der Waals surface area contributed by atoms with Crippen molar-refractivity contribution in [2.45, 2.75) is 24.6 Å². The Morgan fingerprint density at radius 3 is 2.14 bits per heavy atom. The Bertz CT molecular complexity index is 492. The van der Waals surface area contributed by atoms with E-state index >= 15 is 0 Å². The molecule has 0 aliphatic rings. The van der Waals surface area contributed by atoms with Gasteiger partial charge in [0.1, 0.15) is 4.21 Å². The average Bonchev–Trinajstić information content (AvgIpc) is 2.95. The second-order valence-corrected chi connectivity index (χ2v) is 7.56. The molecular formula is C13H24N2O4S2. The van der Waals surface area contributed by atoms with Gasteiger partial charge in [-0.25, -0.2) is 8.42 Å². The summed E-state index contributed by atoms with van der Waals surface area (Å²) in [5, 5.41) is 0. The summed E-state index contributed by atoms with van der Waals surface area (Å²) in [4.78, 5) is 0.850. The summed E-state index contributed by atoms with van der Waals surface area (Å²) in [6, 6.07) is 3.36. The summed E-state index contributed by atoms with van der Waals surface area (Å²) in [7, 11) is -3.51. The summed E-state index contributed by atoms with van der Waals surface area (Å²) < 4.78 is 37.5. The zero-order valence-electron chi connectivity index (χ0n) is 12.6. The van der Waals surface area contributed by atoms with Crippen LogP contribution in [0.4, 0.5) is 0 Å². The van der Waals surface area contributed by atoms with Crippen LogP contribution in [0.25, 0.3) is 0 Å². The van der Waals surface area contributed by atoms with E-state index in [2.05, 4.69) is 0 Å². The number of ether oxygens (including phenoxy) is 2. The molecule has 0 fully saturated rings. The Labute approximate surface area is 130 Å². The third-order valence-corrected chi connectivity index (χ3v) is 6.28. The maximum Gasteiger partial charge on any atom is 0.252 e. The lowest BCUT2D eigenvalue weighted by molar-refractivity contribution is 0.110. The van der Waals surface area contributed by atoms with E-state index in [1.54, 1.807) is 12.1 Å². The van der Waals surface area contributed by atoms with Crippen LogP contribution in [0, 0.1) is 0 Å². The minimum absolute atomic E-state index is 0.316. The third kappa shape index (κ3) is 5.65. The number of nitrogens with zero attached hydrogens (tertiary/aromatic N) is 1. The van der Waals surface area contributed by atoms with Crippen LogP contribution < -0.4 is 5.73 Å². The molecule has 0 atom stereocenters. The molecule has 1 aromatic heterocycles. The molecule has 0 saturated carbocycles. The van der Waals surface area contributed by atoms with Crippen LogP contribution in [0.5, 0.6) is 0 Å². The van der Waals surface area contributed by atoms with Gasteiger partial charge in [0.15, 0.2) is 0 Å². The van der Waals surface area contributed by atoms with Gasteiger partial charge in [0.05, 0.1) is 13.2 Å². The van der Waals surface area contributed by atoms with E-state index in [-0.39, 0.29) is 0 Å². The van der Waals surface area contributed by atoms with Crippen LogP contribution in [0.15, 0.2) is 16.3 Å². The molecule has 0 aromatic carbocycles. The molecule has 0 saturated heterocycles. The highest BCUT2D eigenvalue weighted by Gasteiger charge is 2.25. The number of thiophene rings is 1. The number of sulfonamides is 1. The van der Waals surface area contributed by atoms with Crippen LogP contribution in [0.3, 0.4) is 0 Å². The molecule has 2 N–H and O–H groups in total. The van der Waals surface area contributed by atoms with Gasteiger partial charge in [0.25, 0.3) is 10.0 Å². The van der Waals surface area contributed by atoms with Crippen LogP contribution in [0.2, 0.25) is 0 Å². The van der Waals surface area contributed by atoms with Gasteiger partial charge >= 0.3 is 0 Å². The van der Waals surface area contributed by atoms with Gasteiger partial charge in [-0.15, -0.1) is 11.3 Å². The molecule has 21 heavy (non-hydrogen) atoms. The van der Waals surface area contributed by atoms with E-state index in [1.165, 1.54) is 15.6 Å². The summed E-state index contributed by atoms with van der Waals surface area (Å²) in [6.45, 7) is 6.62. The molecule has 0 bridgehead atoms. The van der Waals surface area contributed by atoms with Crippen molar-refractivity contribution < 1.29 is 17.9 Å². The van der Waals surface area contributed by atoms with Crippen molar-refractivity contribution >= 4 is 21.4 Å². The van der Waals surface area contributed by atoms with Crippen molar-refractivity contribution in [3.05, 3.63) is 17.0 Å². The second-order valence-electron chi connectivity index (χ2n) is 4.22. The summed E-state index contributed by atoms with van der Waals surface area (Å²) in [5.41, 5.74) is 5.54. The Morgan fingerprint density at radius 1 is 1.14 bits per heavy atom. The predicted molar refractivity (Wildman–Crippen MR) is 84.0 cm³/mol. The lowest BCUT2D eigenvalue weighted by Crippen LogP contribution is -2.36. The van der Waals surface area contributed by atoms with Crippen LogP contribution in [0.1, 0.15) is 18.7 Å². The van der Waals surface area contributed by atoms with Crippen molar-refractivity contribution in [1.82, 2.24) is 4.31 Å². The van der Waals surface area contributed by atoms with Gasteiger partial charge in [-0.2, -0.15) is 4.31 Å². The minimum atomic E-state index is -3.51. The van der Waals surface area contributed by atoms with Crippen LogP contribution >= 0.6 is 11.3 Å². The van der Waals surface area contributed by atoms with Crippen molar-refractivity contribution in [3.63, 3.8) is 0 Å². The number of hydrogen-bond acceptors (Lipinski definition) is 6. The van der Waals surface area contributed by atoms with Crippen molar-refractivity contribution in [2.75, 3.05) is 39.5 Å². The maximum atomic E-state index is 12.6. The third-order valence-electron chi connectivity index (χ3n) is 2.81. The highest BCUT2D eigenvalue weighted by atomic mass is 32.2. The van der Waals surface area contributed by atoms with E-state index in [4.69, 9.17) is 15.2 Å². The lowest BCUT2D eigenvalue weighted by atomic mass is 10.5. The lowest BCUT2D eigenvalue weighted by Gasteiger charge is -2.21. The van der Waals surface area contributed by atoms with Gasteiger partial charge in [-0.3, -0.25) is 0 Å². The fraction of sp³-hybridized carbons (Fsp3) is 0.692. The van der Waals surface area contributed by atoms with Gasteiger partial charge < -0.3 is 15.2 Å². The monoisotopic (exact) mass is 336 g/mol. The van der Waals surface area contributed by atoms with E-state index in [0.717, 1.165) is 4.88 Å². The fourth-order valence-electron chi connectivity index (χ4n) is 1.71. The fourth-order valence-corrected chi connectivity index (χ4v) is 4.50. The first-order chi connectivity index (χ1) is 10.1. The first kappa shape index (κ1) is 18.5. The summed E-state index contributed by atoms with van der Waals surface area (Å²) >= 11 is 1.21. The number of hydrogen-bond donors (Lipinski definition) is 1. The molecular weight excluding hydrogens is 312 g/mol. The van der Waals surface area contributed by atoms with E-state index < -0.39 is 10.0 Å². The first-order valence-corrected chi connectivity index (χ1v) is 9.26. The van der Waals surface area contributed by atoms with Crippen molar-refractivity contribution in [1.29, 1.82) is 0 Å².